The molecule has 2 heterocycles. The molecule has 1 aliphatic rings. The lowest BCUT2D eigenvalue weighted by molar-refractivity contribution is 0.176. The first kappa shape index (κ1) is 16.4. The molecule has 5 heteroatoms. The van der Waals surface area contributed by atoms with E-state index in [2.05, 4.69) is 28.3 Å². The van der Waals surface area contributed by atoms with Gasteiger partial charge in [-0.1, -0.05) is 31.4 Å². The highest BCUT2D eigenvalue weighted by Crippen LogP contribution is 2.22. The van der Waals surface area contributed by atoms with Gasteiger partial charge in [0.25, 0.3) is 0 Å². The first-order valence-electron chi connectivity index (χ1n) is 8.57. The summed E-state index contributed by atoms with van der Waals surface area (Å²) in [5.41, 5.74) is 1.01. The van der Waals surface area contributed by atoms with Crippen LogP contribution in [-0.2, 0) is 6.42 Å². The van der Waals surface area contributed by atoms with E-state index < -0.39 is 0 Å². The largest absolute Gasteiger partial charge is 0.396 e. The van der Waals surface area contributed by atoms with E-state index in [1.165, 1.54) is 58.2 Å². The van der Waals surface area contributed by atoms with Crippen LogP contribution in [-0.4, -0.2) is 51.2 Å². The molecule has 1 aromatic rings. The highest BCUT2D eigenvalue weighted by atomic mass is 16.2. The molecule has 120 valence electrons. The molecule has 5 nitrogen and oxygen atoms in total. The number of aromatic nitrogens is 3. The van der Waals surface area contributed by atoms with E-state index in [0.717, 1.165) is 18.5 Å². The number of hydrogen-bond donors (Lipinski definition) is 1. The molecule has 1 aromatic heterocycles. The minimum Gasteiger partial charge on any atom is -0.396 e. The van der Waals surface area contributed by atoms with Crippen molar-refractivity contribution >= 4 is 0 Å². The van der Waals surface area contributed by atoms with Crippen molar-refractivity contribution in [2.24, 2.45) is 0 Å². The van der Waals surface area contributed by atoms with E-state index >= 15 is 0 Å². The van der Waals surface area contributed by atoms with Crippen molar-refractivity contribution < 1.29 is 5.11 Å². The molecule has 0 spiro atoms. The van der Waals surface area contributed by atoms with Gasteiger partial charge < -0.3 is 10.0 Å². The summed E-state index contributed by atoms with van der Waals surface area (Å²) in [4.78, 5) is 2.59. The van der Waals surface area contributed by atoms with Crippen LogP contribution in [0.15, 0.2) is 6.20 Å². The van der Waals surface area contributed by atoms with Crippen LogP contribution in [0.2, 0.25) is 0 Å². The van der Waals surface area contributed by atoms with Crippen molar-refractivity contribution in [3.8, 4) is 0 Å². The third-order valence-electron chi connectivity index (χ3n) is 4.41. The van der Waals surface area contributed by atoms with Gasteiger partial charge in [-0.2, -0.15) is 0 Å². The van der Waals surface area contributed by atoms with E-state index in [0.29, 0.717) is 6.04 Å². The fourth-order valence-corrected chi connectivity index (χ4v) is 3.04. The predicted octanol–water partition coefficient (Wildman–Crippen LogP) is 2.42. The van der Waals surface area contributed by atoms with Crippen LogP contribution in [0.25, 0.3) is 0 Å². The number of unbranched alkanes of at least 4 members (excludes halogenated alkanes) is 3. The number of aliphatic hydroxyl groups excluding tert-OH is 1. The molecule has 0 bridgehead atoms. The first-order chi connectivity index (χ1) is 10.3. The van der Waals surface area contributed by atoms with Gasteiger partial charge in [0, 0.05) is 25.9 Å². The summed E-state index contributed by atoms with van der Waals surface area (Å²) in [7, 11) is 0. The van der Waals surface area contributed by atoms with Crippen molar-refractivity contribution in [3.05, 3.63) is 11.9 Å². The molecule has 0 saturated carbocycles. The summed E-state index contributed by atoms with van der Waals surface area (Å²) in [6, 6.07) is 0.507. The number of aliphatic hydroxyl groups is 1. The topological polar surface area (TPSA) is 54.2 Å². The molecular formula is C16H30N4O. The second kappa shape index (κ2) is 9.15. The zero-order valence-corrected chi connectivity index (χ0v) is 13.4. The molecule has 2 rings (SSSR count). The van der Waals surface area contributed by atoms with Crippen LogP contribution >= 0.6 is 0 Å². The number of piperidine rings is 1. The summed E-state index contributed by atoms with van der Waals surface area (Å²) in [5.74, 6) is 0. The predicted molar refractivity (Wildman–Crippen MR) is 84.3 cm³/mol. The first-order valence-corrected chi connectivity index (χ1v) is 8.57. The number of rotatable bonds is 9. The molecule has 0 atom stereocenters. The van der Waals surface area contributed by atoms with Crippen LogP contribution in [0.5, 0.6) is 0 Å². The second-order valence-electron chi connectivity index (χ2n) is 6.15. The van der Waals surface area contributed by atoms with Gasteiger partial charge in [0.2, 0.25) is 0 Å². The van der Waals surface area contributed by atoms with Crippen LogP contribution in [0.4, 0.5) is 0 Å². The van der Waals surface area contributed by atoms with Crippen LogP contribution < -0.4 is 0 Å². The van der Waals surface area contributed by atoms with Crippen LogP contribution in [0.1, 0.15) is 63.6 Å². The van der Waals surface area contributed by atoms with Crippen molar-refractivity contribution in [1.82, 2.24) is 19.9 Å². The molecule has 1 saturated heterocycles. The number of likely N-dealkylation sites (tertiary alicyclic amines) is 1. The maximum atomic E-state index is 8.86. The van der Waals surface area contributed by atoms with E-state index in [4.69, 9.17) is 5.11 Å². The lowest BCUT2D eigenvalue weighted by Crippen LogP contribution is -2.35. The zero-order valence-electron chi connectivity index (χ0n) is 13.4. The second-order valence-corrected chi connectivity index (χ2v) is 6.15. The Morgan fingerprint density at radius 1 is 1.19 bits per heavy atom. The van der Waals surface area contributed by atoms with Gasteiger partial charge in [-0.25, -0.2) is 4.68 Å². The molecule has 0 radical (unpaired) electrons. The van der Waals surface area contributed by atoms with Crippen molar-refractivity contribution in [2.45, 2.75) is 64.3 Å². The van der Waals surface area contributed by atoms with Gasteiger partial charge in [-0.15, -0.1) is 5.10 Å². The van der Waals surface area contributed by atoms with Crippen LogP contribution in [0.3, 0.4) is 0 Å². The van der Waals surface area contributed by atoms with Crippen molar-refractivity contribution in [2.75, 3.05) is 26.2 Å². The monoisotopic (exact) mass is 294 g/mol. The molecule has 0 amide bonds. The van der Waals surface area contributed by atoms with Crippen LogP contribution in [0, 0.1) is 0 Å². The highest BCUT2D eigenvalue weighted by Gasteiger charge is 2.21. The Morgan fingerprint density at radius 2 is 2.00 bits per heavy atom. The van der Waals surface area contributed by atoms with Crippen molar-refractivity contribution in [3.63, 3.8) is 0 Å². The normalized spacial score (nSPS) is 17.4. The fraction of sp³-hybridized carbons (Fsp3) is 0.875. The number of aryl methyl sites for hydroxylation is 1. The third-order valence-corrected chi connectivity index (χ3v) is 4.41. The fourth-order valence-electron chi connectivity index (χ4n) is 3.04. The summed E-state index contributed by atoms with van der Waals surface area (Å²) in [6.07, 6.45) is 11.4. The summed E-state index contributed by atoms with van der Waals surface area (Å²) >= 11 is 0. The smallest absolute Gasteiger partial charge is 0.0828 e. The van der Waals surface area contributed by atoms with Gasteiger partial charge in [0.15, 0.2) is 0 Å². The van der Waals surface area contributed by atoms with Gasteiger partial charge >= 0.3 is 0 Å². The minimum absolute atomic E-state index is 0.225. The Bertz CT molecular complexity index is 385. The lowest BCUT2D eigenvalue weighted by Gasteiger charge is -2.31. The van der Waals surface area contributed by atoms with Gasteiger partial charge in [-0.3, -0.25) is 0 Å². The lowest BCUT2D eigenvalue weighted by atomic mass is 10.0. The average Bonchev–Trinajstić information content (AvgIpc) is 2.99. The standard InChI is InChI=1S/C16H30N4O/c1-2-3-4-5-10-19-11-8-16(9-12-19)20-14-15(17-18-20)7-6-13-21/h14,16,21H,2-13H2,1H3. The SMILES string of the molecule is CCCCCCN1CCC(n2cc(CCCO)nn2)CC1. The quantitative estimate of drug-likeness (QED) is 0.711. The summed E-state index contributed by atoms with van der Waals surface area (Å²) in [6.45, 7) is 6.11. The molecule has 0 unspecified atom stereocenters. The number of nitrogens with zero attached hydrogens (tertiary/aromatic N) is 4. The third kappa shape index (κ3) is 5.40. The highest BCUT2D eigenvalue weighted by molar-refractivity contribution is 4.94. The van der Waals surface area contributed by atoms with E-state index in [1.807, 2.05) is 4.68 Å². The van der Waals surface area contributed by atoms with E-state index in [9.17, 15) is 0 Å². The van der Waals surface area contributed by atoms with E-state index in [-0.39, 0.29) is 6.61 Å². The Labute approximate surface area is 128 Å². The molecule has 0 aliphatic carbocycles. The van der Waals surface area contributed by atoms with Gasteiger partial charge in [0.05, 0.1) is 11.7 Å². The molecule has 0 aromatic carbocycles. The molecule has 1 fully saturated rings. The van der Waals surface area contributed by atoms with E-state index in [1.54, 1.807) is 0 Å². The van der Waals surface area contributed by atoms with Gasteiger partial charge in [-0.05, 0) is 38.6 Å². The maximum Gasteiger partial charge on any atom is 0.0828 e. The minimum atomic E-state index is 0.225. The Morgan fingerprint density at radius 3 is 2.71 bits per heavy atom. The van der Waals surface area contributed by atoms with Crippen molar-refractivity contribution in [1.29, 1.82) is 0 Å². The number of hydrogen-bond acceptors (Lipinski definition) is 4. The molecule has 21 heavy (non-hydrogen) atoms. The zero-order chi connectivity index (χ0) is 14.9. The molecule has 1 N–H and O–H groups in total. The van der Waals surface area contributed by atoms with Gasteiger partial charge in [0.1, 0.15) is 0 Å². The Balaban J connectivity index is 1.69. The average molecular weight is 294 g/mol. The Kier molecular flexibility index (Phi) is 7.16. The maximum absolute atomic E-state index is 8.86. The Hall–Kier alpha value is -0.940. The summed E-state index contributed by atoms with van der Waals surface area (Å²) in [5, 5.41) is 17.3. The molecule has 1 aliphatic heterocycles. The molecular weight excluding hydrogens is 264 g/mol. The summed E-state index contributed by atoms with van der Waals surface area (Å²) < 4.78 is 2.04.